The van der Waals surface area contributed by atoms with Crippen molar-refractivity contribution in [2.75, 3.05) is 6.61 Å². The molecular weight excluding hydrogens is 400 g/mol. The molecule has 32 heavy (non-hydrogen) atoms. The van der Waals surface area contributed by atoms with Crippen LogP contribution in [0.2, 0.25) is 0 Å². The smallest absolute Gasteiger partial charge is 0.306 e. The van der Waals surface area contributed by atoms with E-state index < -0.39 is 0 Å². The first kappa shape index (κ1) is 30.9. The number of unbranched alkanes of at least 4 members (excludes halogenated alkanes) is 12. The van der Waals surface area contributed by atoms with Gasteiger partial charge in [0.1, 0.15) is 6.10 Å². The van der Waals surface area contributed by atoms with E-state index in [1.807, 2.05) is 0 Å². The second kappa shape index (κ2) is 23.1. The predicted octanol–water partition coefficient (Wildman–Crippen LogP) is 8.55. The Morgan fingerprint density at radius 1 is 0.625 bits per heavy atom. The molecule has 0 aromatic carbocycles. The van der Waals surface area contributed by atoms with Gasteiger partial charge in [0.25, 0.3) is 0 Å². The molecule has 0 aliphatic carbocycles. The third-order valence-corrected chi connectivity index (χ3v) is 6.34. The van der Waals surface area contributed by atoms with E-state index in [1.165, 1.54) is 70.6 Å². The monoisotopic (exact) mass is 454 g/mol. The summed E-state index contributed by atoms with van der Waals surface area (Å²) >= 11 is 0. The van der Waals surface area contributed by atoms with Crippen LogP contribution in [-0.2, 0) is 19.1 Å². The maximum Gasteiger partial charge on any atom is 0.306 e. The van der Waals surface area contributed by atoms with Crippen LogP contribution in [0.4, 0.5) is 0 Å². The molecular formula is C28H54O4. The van der Waals surface area contributed by atoms with Crippen LogP contribution in [0.1, 0.15) is 150 Å². The molecule has 0 rings (SSSR count). The highest BCUT2D eigenvalue weighted by molar-refractivity contribution is 5.72. The summed E-state index contributed by atoms with van der Waals surface area (Å²) in [5, 5.41) is 0. The molecule has 2 atom stereocenters. The molecule has 0 heterocycles. The van der Waals surface area contributed by atoms with Gasteiger partial charge in [-0.1, -0.05) is 111 Å². The molecule has 0 radical (unpaired) electrons. The van der Waals surface area contributed by atoms with E-state index in [0.29, 0.717) is 31.8 Å². The molecule has 0 aliphatic rings. The van der Waals surface area contributed by atoms with Crippen molar-refractivity contribution in [3.8, 4) is 0 Å². The van der Waals surface area contributed by atoms with Gasteiger partial charge in [-0.2, -0.15) is 0 Å². The van der Waals surface area contributed by atoms with Crippen LogP contribution in [0.5, 0.6) is 0 Å². The Morgan fingerprint density at radius 2 is 1.12 bits per heavy atom. The first-order chi connectivity index (χ1) is 15.5. The lowest BCUT2D eigenvalue weighted by Gasteiger charge is -2.22. The van der Waals surface area contributed by atoms with Crippen molar-refractivity contribution >= 4 is 11.9 Å². The third-order valence-electron chi connectivity index (χ3n) is 6.34. The SMILES string of the molecule is CCCCCCCCCCCCCCCOC(=O)CCCC(=O)OC(CC)C(C)CCC. The zero-order chi connectivity index (χ0) is 23.9. The van der Waals surface area contributed by atoms with Crippen molar-refractivity contribution in [3.63, 3.8) is 0 Å². The van der Waals surface area contributed by atoms with Crippen LogP contribution < -0.4 is 0 Å². The molecule has 0 spiro atoms. The highest BCUT2D eigenvalue weighted by atomic mass is 16.5. The minimum absolute atomic E-state index is 0.00930. The van der Waals surface area contributed by atoms with Gasteiger partial charge in [0.15, 0.2) is 0 Å². The van der Waals surface area contributed by atoms with Crippen LogP contribution >= 0.6 is 0 Å². The van der Waals surface area contributed by atoms with Crippen LogP contribution in [0.25, 0.3) is 0 Å². The van der Waals surface area contributed by atoms with Crippen LogP contribution in [0, 0.1) is 5.92 Å². The highest BCUT2D eigenvalue weighted by Crippen LogP contribution is 2.18. The van der Waals surface area contributed by atoms with Gasteiger partial charge in [0, 0.05) is 12.8 Å². The number of carbonyl (C=O) groups is 2. The Kier molecular flexibility index (Phi) is 22.3. The number of carbonyl (C=O) groups excluding carboxylic acids is 2. The molecule has 4 nitrogen and oxygen atoms in total. The molecule has 0 fully saturated rings. The summed E-state index contributed by atoms with van der Waals surface area (Å²) in [5.74, 6) is 0.00598. The van der Waals surface area contributed by atoms with E-state index in [4.69, 9.17) is 9.47 Å². The lowest BCUT2D eigenvalue weighted by atomic mass is 9.97. The van der Waals surface area contributed by atoms with Gasteiger partial charge in [0.05, 0.1) is 6.61 Å². The molecule has 190 valence electrons. The van der Waals surface area contributed by atoms with Crippen LogP contribution in [0.3, 0.4) is 0 Å². The quantitative estimate of drug-likeness (QED) is 0.115. The van der Waals surface area contributed by atoms with Crippen LogP contribution in [-0.4, -0.2) is 24.6 Å². The van der Waals surface area contributed by atoms with Crippen molar-refractivity contribution in [3.05, 3.63) is 0 Å². The van der Waals surface area contributed by atoms with Crippen molar-refractivity contribution in [1.29, 1.82) is 0 Å². The molecule has 0 aromatic rings. The number of esters is 2. The van der Waals surface area contributed by atoms with Crippen LogP contribution in [0.15, 0.2) is 0 Å². The number of rotatable bonds is 23. The third kappa shape index (κ3) is 19.6. The first-order valence-electron chi connectivity index (χ1n) is 13.9. The molecule has 4 heteroatoms. The minimum atomic E-state index is -0.192. The summed E-state index contributed by atoms with van der Waals surface area (Å²) < 4.78 is 10.9. The fourth-order valence-corrected chi connectivity index (χ4v) is 4.23. The van der Waals surface area contributed by atoms with Crippen molar-refractivity contribution < 1.29 is 19.1 Å². The summed E-state index contributed by atoms with van der Waals surface area (Å²) in [6, 6.07) is 0. The first-order valence-corrected chi connectivity index (χ1v) is 13.9. The lowest BCUT2D eigenvalue weighted by molar-refractivity contribution is -0.152. The van der Waals surface area contributed by atoms with E-state index in [2.05, 4.69) is 27.7 Å². The summed E-state index contributed by atoms with van der Waals surface area (Å²) in [6.45, 7) is 9.11. The second-order valence-electron chi connectivity index (χ2n) is 9.52. The summed E-state index contributed by atoms with van der Waals surface area (Å²) in [5.41, 5.74) is 0. The fourth-order valence-electron chi connectivity index (χ4n) is 4.23. The van der Waals surface area contributed by atoms with Gasteiger partial charge in [-0.3, -0.25) is 9.59 Å². The normalized spacial score (nSPS) is 13.0. The largest absolute Gasteiger partial charge is 0.466 e. The fraction of sp³-hybridized carbons (Fsp3) is 0.929. The molecule has 0 bridgehead atoms. The Morgan fingerprint density at radius 3 is 1.62 bits per heavy atom. The molecule has 0 N–H and O–H groups in total. The van der Waals surface area contributed by atoms with E-state index in [1.54, 1.807) is 0 Å². The maximum absolute atomic E-state index is 12.0. The lowest BCUT2D eigenvalue weighted by Crippen LogP contribution is -2.24. The molecule has 0 saturated carbocycles. The molecule has 0 aliphatic heterocycles. The number of hydrogen-bond acceptors (Lipinski definition) is 4. The summed E-state index contributed by atoms with van der Waals surface area (Å²) in [6.07, 6.45) is 21.1. The Bertz CT molecular complexity index is 435. The average Bonchev–Trinajstić information content (AvgIpc) is 2.77. The van der Waals surface area contributed by atoms with Gasteiger partial charge >= 0.3 is 11.9 Å². The van der Waals surface area contributed by atoms with Gasteiger partial charge in [-0.15, -0.1) is 0 Å². The number of hydrogen-bond donors (Lipinski definition) is 0. The minimum Gasteiger partial charge on any atom is -0.466 e. The van der Waals surface area contributed by atoms with Gasteiger partial charge in [-0.05, 0) is 31.6 Å². The predicted molar refractivity (Wildman–Crippen MR) is 135 cm³/mol. The van der Waals surface area contributed by atoms with Crippen molar-refractivity contribution in [1.82, 2.24) is 0 Å². The zero-order valence-corrected chi connectivity index (χ0v) is 21.9. The zero-order valence-electron chi connectivity index (χ0n) is 21.9. The average molecular weight is 455 g/mol. The van der Waals surface area contributed by atoms with Crippen molar-refractivity contribution in [2.45, 2.75) is 156 Å². The van der Waals surface area contributed by atoms with Gasteiger partial charge < -0.3 is 9.47 Å². The van der Waals surface area contributed by atoms with E-state index in [9.17, 15) is 9.59 Å². The molecule has 0 saturated heterocycles. The summed E-state index contributed by atoms with van der Waals surface area (Å²) in [4.78, 5) is 23.9. The maximum atomic E-state index is 12.0. The van der Waals surface area contributed by atoms with E-state index in [0.717, 1.165) is 32.1 Å². The number of ether oxygens (including phenoxy) is 2. The van der Waals surface area contributed by atoms with Gasteiger partial charge in [0.2, 0.25) is 0 Å². The standard InChI is InChI=1S/C28H54O4/c1-5-8-9-10-11-12-13-14-15-16-17-18-19-24-31-27(29)22-20-23-28(30)32-26(7-3)25(4)21-6-2/h25-26H,5-24H2,1-4H3. The Hall–Kier alpha value is -1.06. The van der Waals surface area contributed by atoms with Crippen molar-refractivity contribution in [2.24, 2.45) is 5.92 Å². The topological polar surface area (TPSA) is 52.6 Å². The van der Waals surface area contributed by atoms with Gasteiger partial charge in [-0.25, -0.2) is 0 Å². The molecule has 0 amide bonds. The van der Waals surface area contributed by atoms with E-state index >= 15 is 0 Å². The summed E-state index contributed by atoms with van der Waals surface area (Å²) in [7, 11) is 0. The second-order valence-corrected chi connectivity index (χ2v) is 9.52. The Labute approximate surface area is 199 Å². The highest BCUT2D eigenvalue weighted by Gasteiger charge is 2.19. The Balaban J connectivity index is 3.49. The van der Waals surface area contributed by atoms with E-state index in [-0.39, 0.29) is 18.0 Å². The molecule has 0 aromatic heterocycles. The molecule has 2 unspecified atom stereocenters.